The quantitative estimate of drug-likeness (QED) is 0.491. The van der Waals surface area contributed by atoms with Gasteiger partial charge in [0, 0.05) is 19.0 Å². The Hall–Kier alpha value is -3.21. The van der Waals surface area contributed by atoms with E-state index < -0.39 is 21.8 Å². The van der Waals surface area contributed by atoms with Crippen LogP contribution in [0, 0.1) is 0 Å². The number of nitrogens with zero attached hydrogens (tertiary/aromatic N) is 1. The molecule has 0 bridgehead atoms. The molecule has 8 nitrogen and oxygen atoms in total. The average Bonchev–Trinajstić information content (AvgIpc) is 3.16. The summed E-state index contributed by atoms with van der Waals surface area (Å²) in [6.07, 6.45) is 0.729. The van der Waals surface area contributed by atoms with E-state index in [1.54, 1.807) is 24.3 Å². The van der Waals surface area contributed by atoms with Crippen molar-refractivity contribution in [3.63, 3.8) is 0 Å². The van der Waals surface area contributed by atoms with Gasteiger partial charge in [0.1, 0.15) is 11.5 Å². The van der Waals surface area contributed by atoms with Crippen LogP contribution in [-0.2, 0) is 23.0 Å². The molecule has 1 atom stereocenters. The van der Waals surface area contributed by atoms with Gasteiger partial charge in [-0.25, -0.2) is 8.42 Å². The monoisotopic (exact) mass is 485 g/mol. The van der Waals surface area contributed by atoms with Crippen LogP contribution in [0.3, 0.4) is 0 Å². The van der Waals surface area contributed by atoms with E-state index in [2.05, 4.69) is 12.4 Å². The number of nitrogens with two attached hydrogens (primary N) is 1. The lowest BCUT2D eigenvalue weighted by atomic mass is 10.0. The topological polar surface area (TPSA) is 114 Å². The minimum absolute atomic E-state index is 0.0702. The second kappa shape index (κ2) is 8.97. The molecular formula is C23H25N4O4S2+. The van der Waals surface area contributed by atoms with Gasteiger partial charge in [-0.15, -0.1) is 11.3 Å². The Morgan fingerprint density at radius 1 is 1.09 bits per heavy atom. The largest absolute Gasteiger partial charge is 0.365 e. The predicted molar refractivity (Wildman–Crippen MR) is 128 cm³/mol. The van der Waals surface area contributed by atoms with E-state index in [1.807, 2.05) is 6.07 Å². The molecule has 2 aromatic carbocycles. The molecule has 1 unspecified atom stereocenters. The molecule has 1 aromatic heterocycles. The summed E-state index contributed by atoms with van der Waals surface area (Å²) in [6.45, 7) is 1.67. The SMILES string of the molecule is CN(c1ccccc1)S(=O)(=O)c1ccc(C(=O)Nc2sc3c(c2C(N)=O)CC[NH+](C)C3)cc1. The van der Waals surface area contributed by atoms with Crippen LogP contribution in [0.2, 0.25) is 0 Å². The van der Waals surface area contributed by atoms with E-state index in [1.165, 1.54) is 51.9 Å². The lowest BCUT2D eigenvalue weighted by Gasteiger charge is -2.19. The Morgan fingerprint density at radius 2 is 1.76 bits per heavy atom. The number of primary amides is 1. The summed E-state index contributed by atoms with van der Waals surface area (Å²) in [5.41, 5.74) is 7.72. The summed E-state index contributed by atoms with van der Waals surface area (Å²) in [7, 11) is -0.219. The Labute approximate surface area is 196 Å². The van der Waals surface area contributed by atoms with Crippen LogP contribution < -0.4 is 20.3 Å². The van der Waals surface area contributed by atoms with Gasteiger partial charge in [0.2, 0.25) is 0 Å². The number of sulfonamides is 1. The van der Waals surface area contributed by atoms with Gasteiger partial charge in [0.05, 0.1) is 34.6 Å². The lowest BCUT2D eigenvalue weighted by molar-refractivity contribution is -0.895. The molecule has 0 fully saturated rings. The number of hydrogen-bond donors (Lipinski definition) is 3. The number of anilines is 2. The maximum atomic E-state index is 12.9. The fourth-order valence-corrected chi connectivity index (χ4v) is 6.41. The first-order valence-electron chi connectivity index (χ1n) is 10.4. The number of carbonyl (C=O) groups excluding carboxylic acids is 2. The molecule has 0 spiro atoms. The second-order valence-corrected chi connectivity index (χ2v) is 11.1. The molecule has 2 heterocycles. The molecule has 0 aliphatic carbocycles. The maximum Gasteiger partial charge on any atom is 0.264 e. The summed E-state index contributed by atoms with van der Waals surface area (Å²) in [5, 5.41) is 3.23. The molecule has 1 aliphatic rings. The van der Waals surface area contributed by atoms with Gasteiger partial charge in [-0.05, 0) is 42.0 Å². The van der Waals surface area contributed by atoms with Crippen molar-refractivity contribution in [2.45, 2.75) is 17.9 Å². The number of amides is 2. The zero-order valence-electron chi connectivity index (χ0n) is 18.3. The average molecular weight is 486 g/mol. The third kappa shape index (κ3) is 4.50. The van der Waals surface area contributed by atoms with Gasteiger partial charge in [-0.2, -0.15) is 0 Å². The van der Waals surface area contributed by atoms with Gasteiger partial charge in [0.25, 0.3) is 21.8 Å². The first-order valence-corrected chi connectivity index (χ1v) is 12.6. The van der Waals surface area contributed by atoms with E-state index in [4.69, 9.17) is 5.73 Å². The van der Waals surface area contributed by atoms with Crippen LogP contribution >= 0.6 is 11.3 Å². The van der Waals surface area contributed by atoms with Gasteiger partial charge < -0.3 is 16.0 Å². The molecule has 1 aliphatic heterocycles. The fourth-order valence-electron chi connectivity index (χ4n) is 3.86. The minimum Gasteiger partial charge on any atom is -0.365 e. The highest BCUT2D eigenvalue weighted by molar-refractivity contribution is 7.92. The number of para-hydroxylation sites is 1. The molecular weight excluding hydrogens is 460 g/mol. The molecule has 10 heteroatoms. The molecule has 2 amide bonds. The van der Waals surface area contributed by atoms with Crippen LogP contribution in [0.5, 0.6) is 0 Å². The molecule has 0 saturated carbocycles. The molecule has 4 N–H and O–H groups in total. The van der Waals surface area contributed by atoms with Gasteiger partial charge >= 0.3 is 0 Å². The van der Waals surface area contributed by atoms with Crippen LogP contribution in [0.25, 0.3) is 0 Å². The summed E-state index contributed by atoms with van der Waals surface area (Å²) >= 11 is 1.37. The molecule has 3 aromatic rings. The number of nitrogens with one attached hydrogen (secondary N) is 2. The predicted octanol–water partition coefficient (Wildman–Crippen LogP) is 1.50. The molecule has 0 saturated heterocycles. The second-order valence-electron chi connectivity index (χ2n) is 7.99. The first kappa shape index (κ1) is 23.0. The summed E-state index contributed by atoms with van der Waals surface area (Å²) < 4.78 is 27.1. The van der Waals surface area contributed by atoms with Crippen molar-refractivity contribution in [1.29, 1.82) is 0 Å². The van der Waals surface area contributed by atoms with Gasteiger partial charge in [-0.1, -0.05) is 18.2 Å². The molecule has 4 rings (SSSR count). The number of thiophene rings is 1. The highest BCUT2D eigenvalue weighted by Crippen LogP contribution is 2.34. The standard InChI is InChI=1S/C23H24N4O4S2/c1-26-13-12-18-19(14-26)32-23(20(18)21(24)28)25-22(29)15-8-10-17(11-9-15)33(30,31)27(2)16-6-4-3-5-7-16/h3-11H,12-14H2,1-2H3,(H2,24,28)(H,25,29)/p+1. The number of benzene rings is 2. The van der Waals surface area contributed by atoms with Crippen molar-refractivity contribution in [1.82, 2.24) is 0 Å². The zero-order chi connectivity index (χ0) is 23.8. The smallest absolute Gasteiger partial charge is 0.264 e. The highest BCUT2D eigenvalue weighted by atomic mass is 32.2. The number of fused-ring (bicyclic) bond motifs is 1. The van der Waals surface area contributed by atoms with Crippen molar-refractivity contribution in [2.24, 2.45) is 5.73 Å². The number of carbonyl (C=O) groups is 2. The van der Waals surface area contributed by atoms with Gasteiger partial charge in [0.15, 0.2) is 0 Å². The van der Waals surface area contributed by atoms with Crippen molar-refractivity contribution in [2.75, 3.05) is 30.3 Å². The van der Waals surface area contributed by atoms with Crippen molar-refractivity contribution >= 4 is 43.9 Å². The minimum atomic E-state index is -3.78. The van der Waals surface area contributed by atoms with E-state index in [0.717, 1.165) is 30.0 Å². The van der Waals surface area contributed by atoms with Crippen LogP contribution in [-0.4, -0.2) is 40.9 Å². The lowest BCUT2D eigenvalue weighted by Crippen LogP contribution is -3.08. The van der Waals surface area contributed by atoms with Crippen LogP contribution in [0.4, 0.5) is 10.7 Å². The van der Waals surface area contributed by atoms with E-state index >= 15 is 0 Å². The molecule has 0 radical (unpaired) electrons. The zero-order valence-corrected chi connectivity index (χ0v) is 19.9. The van der Waals surface area contributed by atoms with Crippen molar-refractivity contribution in [3.8, 4) is 0 Å². The number of likely N-dealkylation sites (N-methyl/N-ethyl adjacent to an activating group) is 1. The maximum absolute atomic E-state index is 12.9. The van der Waals surface area contributed by atoms with Gasteiger partial charge in [-0.3, -0.25) is 13.9 Å². The molecule has 172 valence electrons. The summed E-state index contributed by atoms with van der Waals surface area (Å²) in [4.78, 5) is 27.4. The van der Waals surface area contributed by atoms with Crippen LogP contribution in [0.1, 0.15) is 31.2 Å². The van der Waals surface area contributed by atoms with Crippen molar-refractivity contribution < 1.29 is 22.9 Å². The van der Waals surface area contributed by atoms with Crippen molar-refractivity contribution in [3.05, 3.63) is 76.2 Å². The fraction of sp³-hybridized carbons (Fsp3) is 0.217. The highest BCUT2D eigenvalue weighted by Gasteiger charge is 2.28. The Balaban J connectivity index is 1.56. The third-order valence-corrected chi connectivity index (χ3v) is 8.67. The van der Waals surface area contributed by atoms with E-state index in [-0.39, 0.29) is 10.5 Å². The number of hydrogen-bond acceptors (Lipinski definition) is 5. The van der Waals surface area contributed by atoms with E-state index in [0.29, 0.717) is 16.3 Å². The normalized spacial score (nSPS) is 15.5. The number of quaternary nitrogens is 1. The Morgan fingerprint density at radius 3 is 2.39 bits per heavy atom. The molecule has 33 heavy (non-hydrogen) atoms. The Bertz CT molecular complexity index is 1300. The summed E-state index contributed by atoms with van der Waals surface area (Å²) in [6, 6.07) is 14.4. The van der Waals surface area contributed by atoms with E-state index in [9.17, 15) is 18.0 Å². The summed E-state index contributed by atoms with van der Waals surface area (Å²) in [5.74, 6) is -0.995. The van der Waals surface area contributed by atoms with Crippen LogP contribution in [0.15, 0.2) is 59.5 Å². The first-order chi connectivity index (χ1) is 15.7. The third-order valence-electron chi connectivity index (χ3n) is 5.72. The Kier molecular flexibility index (Phi) is 6.24. The number of rotatable bonds is 6.